The molecule has 1 N–H and O–H groups in total. The largest absolute Gasteiger partial charge is 0.379 e. The van der Waals surface area contributed by atoms with Crippen molar-refractivity contribution in [1.29, 1.82) is 0 Å². The molecule has 11 heteroatoms. The molecule has 3 aromatic heterocycles. The number of aromatic nitrogens is 4. The normalized spacial score (nSPS) is 15.0. The number of amides is 1. The van der Waals surface area contributed by atoms with Crippen LogP contribution in [0, 0.1) is 0 Å². The summed E-state index contributed by atoms with van der Waals surface area (Å²) in [5.41, 5.74) is 0.198. The van der Waals surface area contributed by atoms with Crippen molar-refractivity contribution in [3.8, 4) is 0 Å². The lowest BCUT2D eigenvalue weighted by atomic mass is 10.2. The Labute approximate surface area is 169 Å². The van der Waals surface area contributed by atoms with Crippen molar-refractivity contribution in [2.24, 2.45) is 14.1 Å². The van der Waals surface area contributed by atoms with Gasteiger partial charge in [-0.05, 0) is 12.1 Å². The molecule has 0 atom stereocenters. The van der Waals surface area contributed by atoms with Crippen LogP contribution in [-0.4, -0.2) is 56.2 Å². The first-order valence-electron chi connectivity index (χ1n) is 9.06. The van der Waals surface area contributed by atoms with Gasteiger partial charge in [-0.25, -0.2) is 14.8 Å². The van der Waals surface area contributed by atoms with Gasteiger partial charge >= 0.3 is 5.69 Å². The molecule has 3 aromatic rings. The molecule has 0 saturated carbocycles. The fraction of sp³-hybridized carbons (Fsp3) is 0.389. The van der Waals surface area contributed by atoms with E-state index in [0.29, 0.717) is 24.9 Å². The van der Waals surface area contributed by atoms with E-state index in [0.717, 1.165) is 23.4 Å². The van der Waals surface area contributed by atoms with Gasteiger partial charge in [0.15, 0.2) is 5.13 Å². The molecule has 0 aromatic carbocycles. The highest BCUT2D eigenvalue weighted by molar-refractivity contribution is 7.13. The van der Waals surface area contributed by atoms with Crippen molar-refractivity contribution in [3.05, 3.63) is 49.7 Å². The van der Waals surface area contributed by atoms with Gasteiger partial charge in [-0.15, -0.1) is 11.3 Å². The molecule has 0 unspecified atom stereocenters. The van der Waals surface area contributed by atoms with Crippen LogP contribution in [0.15, 0.2) is 27.1 Å². The Balaban J connectivity index is 1.53. The lowest BCUT2D eigenvalue weighted by Crippen LogP contribution is -2.37. The first-order valence-corrected chi connectivity index (χ1v) is 9.94. The number of thiazole rings is 1. The lowest BCUT2D eigenvalue weighted by molar-refractivity contribution is 0.0337. The molecule has 1 saturated heterocycles. The molecule has 0 spiro atoms. The molecule has 0 bridgehead atoms. The number of hydrogen-bond donors (Lipinski definition) is 1. The Bertz CT molecular complexity index is 1190. The molecule has 152 valence electrons. The Kier molecular flexibility index (Phi) is 5.26. The summed E-state index contributed by atoms with van der Waals surface area (Å²) in [6, 6.07) is 2.97. The van der Waals surface area contributed by atoms with Crippen LogP contribution in [0.5, 0.6) is 0 Å². The molecule has 4 heterocycles. The monoisotopic (exact) mass is 416 g/mol. The third-order valence-corrected chi connectivity index (χ3v) is 5.60. The summed E-state index contributed by atoms with van der Waals surface area (Å²) in [7, 11) is 2.92. The Morgan fingerprint density at radius 3 is 2.69 bits per heavy atom. The fourth-order valence-electron chi connectivity index (χ4n) is 3.17. The van der Waals surface area contributed by atoms with Crippen LogP contribution in [0.2, 0.25) is 0 Å². The summed E-state index contributed by atoms with van der Waals surface area (Å²) in [5.74, 6) is -0.452. The van der Waals surface area contributed by atoms with Gasteiger partial charge < -0.3 is 4.74 Å². The Morgan fingerprint density at radius 2 is 1.93 bits per heavy atom. The second-order valence-electron chi connectivity index (χ2n) is 6.76. The number of fused-ring (bicyclic) bond motifs is 1. The molecule has 29 heavy (non-hydrogen) atoms. The molecule has 10 nitrogen and oxygen atoms in total. The predicted octanol–water partition coefficient (Wildman–Crippen LogP) is 0.173. The summed E-state index contributed by atoms with van der Waals surface area (Å²) in [6.07, 6.45) is 0. The van der Waals surface area contributed by atoms with Gasteiger partial charge in [-0.2, -0.15) is 0 Å². The number of carbonyl (C=O) groups excluding carboxylic acids is 1. The Morgan fingerprint density at radius 1 is 1.17 bits per heavy atom. The summed E-state index contributed by atoms with van der Waals surface area (Å²) >= 11 is 1.34. The SMILES string of the molecule is Cn1c(=O)c2ccc(C(=O)Nc3nc(CN4CCOCC4)cs3)nc2n(C)c1=O. The van der Waals surface area contributed by atoms with Gasteiger partial charge in [0.25, 0.3) is 11.5 Å². The average Bonchev–Trinajstić information content (AvgIpc) is 3.17. The van der Waals surface area contributed by atoms with Crippen molar-refractivity contribution in [2.45, 2.75) is 6.54 Å². The fourth-order valence-corrected chi connectivity index (χ4v) is 3.86. The minimum atomic E-state index is -0.500. The maximum Gasteiger partial charge on any atom is 0.332 e. The number of hydrogen-bond acceptors (Lipinski definition) is 8. The van der Waals surface area contributed by atoms with Crippen molar-refractivity contribution < 1.29 is 9.53 Å². The quantitative estimate of drug-likeness (QED) is 0.645. The van der Waals surface area contributed by atoms with E-state index in [1.165, 1.54) is 42.1 Å². The van der Waals surface area contributed by atoms with Crippen LogP contribution in [0.25, 0.3) is 11.0 Å². The first-order chi connectivity index (χ1) is 13.9. The van der Waals surface area contributed by atoms with Crippen LogP contribution in [0.4, 0.5) is 5.13 Å². The Hall–Kier alpha value is -2.89. The summed E-state index contributed by atoms with van der Waals surface area (Å²) in [6.45, 7) is 3.85. The van der Waals surface area contributed by atoms with Crippen LogP contribution in [0.3, 0.4) is 0 Å². The summed E-state index contributed by atoms with van der Waals surface area (Å²) < 4.78 is 7.60. The van der Waals surface area contributed by atoms with Crippen LogP contribution in [-0.2, 0) is 25.4 Å². The van der Waals surface area contributed by atoms with E-state index in [-0.39, 0.29) is 16.7 Å². The molecule has 1 amide bonds. The molecule has 1 aliphatic rings. The molecule has 4 rings (SSSR count). The average molecular weight is 416 g/mol. The number of anilines is 1. The van der Waals surface area contributed by atoms with E-state index in [1.807, 2.05) is 5.38 Å². The van der Waals surface area contributed by atoms with Gasteiger partial charge in [0, 0.05) is 39.1 Å². The summed E-state index contributed by atoms with van der Waals surface area (Å²) in [4.78, 5) is 47.9. The maximum atomic E-state index is 12.6. The second kappa shape index (κ2) is 7.85. The van der Waals surface area contributed by atoms with Crippen molar-refractivity contribution in [3.63, 3.8) is 0 Å². The van der Waals surface area contributed by atoms with Gasteiger partial charge in [0.2, 0.25) is 0 Å². The number of ether oxygens (including phenoxy) is 1. The van der Waals surface area contributed by atoms with Crippen molar-refractivity contribution >= 4 is 33.4 Å². The summed E-state index contributed by atoms with van der Waals surface area (Å²) in [5, 5.41) is 5.38. The zero-order chi connectivity index (χ0) is 20.5. The van der Waals surface area contributed by atoms with E-state index in [2.05, 4.69) is 20.2 Å². The standard InChI is InChI=1S/C18H20N6O4S/c1-22-14-12(16(26)23(2)18(22)27)3-4-13(20-14)15(25)21-17-19-11(10-29-17)9-24-5-7-28-8-6-24/h3-4,10H,5-9H2,1-2H3,(H,19,21,25). The van der Waals surface area contributed by atoms with Crippen molar-refractivity contribution in [1.82, 2.24) is 24.0 Å². The first kappa shape index (κ1) is 19.4. The highest BCUT2D eigenvalue weighted by Crippen LogP contribution is 2.18. The predicted molar refractivity (Wildman–Crippen MR) is 108 cm³/mol. The maximum absolute atomic E-state index is 12.6. The van der Waals surface area contributed by atoms with E-state index in [4.69, 9.17) is 4.74 Å². The topological polar surface area (TPSA) is 111 Å². The highest BCUT2D eigenvalue weighted by atomic mass is 32.1. The van der Waals surface area contributed by atoms with Crippen LogP contribution >= 0.6 is 11.3 Å². The molecule has 0 aliphatic carbocycles. The molecular formula is C18H20N6O4S. The molecular weight excluding hydrogens is 396 g/mol. The third kappa shape index (κ3) is 3.84. The number of morpholine rings is 1. The minimum absolute atomic E-state index is 0.102. The molecule has 0 radical (unpaired) electrons. The zero-order valence-electron chi connectivity index (χ0n) is 16.0. The minimum Gasteiger partial charge on any atom is -0.379 e. The molecule has 1 fully saturated rings. The van der Waals surface area contributed by atoms with E-state index < -0.39 is 17.2 Å². The number of nitrogens with zero attached hydrogens (tertiary/aromatic N) is 5. The second-order valence-corrected chi connectivity index (χ2v) is 7.62. The van der Waals surface area contributed by atoms with Gasteiger partial charge in [-0.3, -0.25) is 28.9 Å². The number of pyridine rings is 1. The van der Waals surface area contributed by atoms with Crippen LogP contribution in [0.1, 0.15) is 16.2 Å². The lowest BCUT2D eigenvalue weighted by Gasteiger charge is -2.25. The van der Waals surface area contributed by atoms with E-state index in [1.54, 1.807) is 0 Å². The van der Waals surface area contributed by atoms with E-state index in [9.17, 15) is 14.4 Å². The van der Waals surface area contributed by atoms with Gasteiger partial charge in [0.1, 0.15) is 11.3 Å². The third-order valence-electron chi connectivity index (χ3n) is 4.80. The van der Waals surface area contributed by atoms with Crippen LogP contribution < -0.4 is 16.6 Å². The number of carbonyl (C=O) groups is 1. The van der Waals surface area contributed by atoms with E-state index >= 15 is 0 Å². The number of aryl methyl sites for hydroxylation is 1. The van der Waals surface area contributed by atoms with Crippen molar-refractivity contribution in [2.75, 3.05) is 31.6 Å². The smallest absolute Gasteiger partial charge is 0.332 e. The van der Waals surface area contributed by atoms with Gasteiger partial charge in [-0.1, -0.05) is 0 Å². The van der Waals surface area contributed by atoms with Gasteiger partial charge in [0.05, 0.1) is 24.3 Å². The molecule has 1 aliphatic heterocycles. The number of nitrogens with one attached hydrogen (secondary N) is 1. The highest BCUT2D eigenvalue weighted by Gasteiger charge is 2.16. The number of rotatable bonds is 4. The zero-order valence-corrected chi connectivity index (χ0v) is 16.9.